The van der Waals surface area contributed by atoms with Gasteiger partial charge >= 0.3 is 0 Å². The number of aliphatic hydroxyl groups excluding tert-OH is 1. The zero-order valence-corrected chi connectivity index (χ0v) is 11.6. The number of unbranched alkanes of at least 4 members (excludes halogenated alkanes) is 1. The van der Waals surface area contributed by atoms with Crippen LogP contribution in [-0.4, -0.2) is 35.6 Å². The summed E-state index contributed by atoms with van der Waals surface area (Å²) in [6, 6.07) is 7.74. The SMILES string of the molecule is CCCCN(CCO)C(=O)Cc1ccccc1CN. The van der Waals surface area contributed by atoms with Crippen molar-refractivity contribution >= 4 is 5.91 Å². The first kappa shape index (κ1) is 15.7. The molecule has 19 heavy (non-hydrogen) atoms. The maximum absolute atomic E-state index is 12.3. The fourth-order valence-electron chi connectivity index (χ4n) is 2.03. The maximum Gasteiger partial charge on any atom is 0.227 e. The monoisotopic (exact) mass is 264 g/mol. The summed E-state index contributed by atoms with van der Waals surface area (Å²) in [5, 5.41) is 9.04. The highest BCUT2D eigenvalue weighted by atomic mass is 16.3. The van der Waals surface area contributed by atoms with Crippen molar-refractivity contribution in [3.8, 4) is 0 Å². The van der Waals surface area contributed by atoms with E-state index in [4.69, 9.17) is 10.8 Å². The first-order valence-electron chi connectivity index (χ1n) is 6.88. The molecule has 3 N–H and O–H groups in total. The number of nitrogens with two attached hydrogens (primary N) is 1. The van der Waals surface area contributed by atoms with Gasteiger partial charge in [-0.1, -0.05) is 37.6 Å². The number of amides is 1. The fraction of sp³-hybridized carbons (Fsp3) is 0.533. The van der Waals surface area contributed by atoms with Crippen molar-refractivity contribution in [2.24, 2.45) is 5.73 Å². The minimum atomic E-state index is 0.00793. The number of carbonyl (C=O) groups excluding carboxylic acids is 1. The third kappa shape index (κ3) is 5.01. The number of benzene rings is 1. The van der Waals surface area contributed by atoms with Gasteiger partial charge in [0.05, 0.1) is 13.0 Å². The summed E-state index contributed by atoms with van der Waals surface area (Å²) >= 11 is 0. The molecule has 1 aromatic rings. The average molecular weight is 264 g/mol. The van der Waals surface area contributed by atoms with Crippen LogP contribution in [0.15, 0.2) is 24.3 Å². The van der Waals surface area contributed by atoms with Gasteiger partial charge in [-0.15, -0.1) is 0 Å². The first-order chi connectivity index (χ1) is 9.22. The Morgan fingerprint density at radius 1 is 1.26 bits per heavy atom. The van der Waals surface area contributed by atoms with E-state index < -0.39 is 0 Å². The van der Waals surface area contributed by atoms with Gasteiger partial charge in [-0.25, -0.2) is 0 Å². The van der Waals surface area contributed by atoms with E-state index in [1.54, 1.807) is 4.90 Å². The molecular weight excluding hydrogens is 240 g/mol. The highest BCUT2D eigenvalue weighted by molar-refractivity contribution is 5.79. The van der Waals surface area contributed by atoms with Gasteiger partial charge < -0.3 is 15.7 Å². The summed E-state index contributed by atoms with van der Waals surface area (Å²) in [4.78, 5) is 14.0. The Morgan fingerprint density at radius 3 is 2.53 bits per heavy atom. The van der Waals surface area contributed by atoms with Gasteiger partial charge in [0.2, 0.25) is 5.91 Å². The standard InChI is InChI=1S/C15H24N2O2/c1-2-3-8-17(9-10-18)15(19)11-13-6-4-5-7-14(13)12-16/h4-7,18H,2-3,8-12,16H2,1H3. The Morgan fingerprint density at radius 2 is 1.95 bits per heavy atom. The lowest BCUT2D eigenvalue weighted by Gasteiger charge is -2.22. The second kappa shape index (κ2) is 8.67. The number of nitrogens with zero attached hydrogens (tertiary/aromatic N) is 1. The lowest BCUT2D eigenvalue weighted by molar-refractivity contribution is -0.131. The van der Waals surface area contributed by atoms with Gasteiger partial charge in [-0.05, 0) is 17.5 Å². The number of rotatable bonds is 8. The molecule has 1 rings (SSSR count). The second-order valence-electron chi connectivity index (χ2n) is 4.61. The van der Waals surface area contributed by atoms with Crippen molar-refractivity contribution in [2.45, 2.75) is 32.7 Å². The van der Waals surface area contributed by atoms with Crippen LogP contribution in [0.5, 0.6) is 0 Å². The summed E-state index contributed by atoms with van der Waals surface area (Å²) in [7, 11) is 0. The van der Waals surface area contributed by atoms with Crippen LogP contribution < -0.4 is 5.73 Å². The maximum atomic E-state index is 12.3. The van der Waals surface area contributed by atoms with Crippen molar-refractivity contribution in [2.75, 3.05) is 19.7 Å². The Hall–Kier alpha value is -1.39. The Kier molecular flexibility index (Phi) is 7.15. The molecule has 4 nitrogen and oxygen atoms in total. The molecule has 1 aromatic carbocycles. The molecule has 106 valence electrons. The molecule has 0 spiro atoms. The molecule has 0 aliphatic heterocycles. The van der Waals surface area contributed by atoms with E-state index in [0.29, 0.717) is 26.1 Å². The van der Waals surface area contributed by atoms with Gasteiger partial charge in [-0.3, -0.25) is 4.79 Å². The summed E-state index contributed by atoms with van der Waals surface area (Å²) in [6.45, 7) is 3.65. The van der Waals surface area contributed by atoms with Gasteiger partial charge in [0.1, 0.15) is 0 Å². The van der Waals surface area contributed by atoms with Crippen molar-refractivity contribution in [1.82, 2.24) is 4.90 Å². The van der Waals surface area contributed by atoms with Crippen molar-refractivity contribution in [3.05, 3.63) is 35.4 Å². The normalized spacial score (nSPS) is 10.5. The third-order valence-electron chi connectivity index (χ3n) is 3.18. The van der Waals surface area contributed by atoms with E-state index in [0.717, 1.165) is 24.0 Å². The van der Waals surface area contributed by atoms with E-state index in [9.17, 15) is 4.79 Å². The molecule has 0 aliphatic carbocycles. The van der Waals surface area contributed by atoms with Crippen molar-refractivity contribution in [1.29, 1.82) is 0 Å². The minimum Gasteiger partial charge on any atom is -0.395 e. The third-order valence-corrected chi connectivity index (χ3v) is 3.18. The molecule has 0 aliphatic rings. The molecule has 0 saturated heterocycles. The molecule has 0 radical (unpaired) electrons. The predicted molar refractivity (Wildman–Crippen MR) is 76.6 cm³/mol. The quantitative estimate of drug-likeness (QED) is 0.744. The van der Waals surface area contributed by atoms with E-state index in [1.807, 2.05) is 24.3 Å². The Labute approximate surface area is 115 Å². The van der Waals surface area contributed by atoms with Crippen LogP contribution in [-0.2, 0) is 17.8 Å². The van der Waals surface area contributed by atoms with Crippen molar-refractivity contribution < 1.29 is 9.90 Å². The minimum absolute atomic E-state index is 0.00793. The van der Waals surface area contributed by atoms with Crippen LogP contribution in [0.1, 0.15) is 30.9 Å². The van der Waals surface area contributed by atoms with Crippen LogP contribution in [0.2, 0.25) is 0 Å². The van der Waals surface area contributed by atoms with Crippen LogP contribution in [0.3, 0.4) is 0 Å². The summed E-state index contributed by atoms with van der Waals surface area (Å²) < 4.78 is 0. The van der Waals surface area contributed by atoms with Gasteiger partial charge in [0.15, 0.2) is 0 Å². The van der Waals surface area contributed by atoms with Gasteiger partial charge in [-0.2, -0.15) is 0 Å². The zero-order chi connectivity index (χ0) is 14.1. The molecule has 0 unspecified atom stereocenters. The number of hydrogen-bond acceptors (Lipinski definition) is 3. The number of aliphatic hydroxyl groups is 1. The summed E-state index contributed by atoms with van der Waals surface area (Å²) in [6.07, 6.45) is 2.36. The van der Waals surface area contributed by atoms with E-state index in [-0.39, 0.29) is 12.5 Å². The first-order valence-corrected chi connectivity index (χ1v) is 6.88. The van der Waals surface area contributed by atoms with Gasteiger partial charge in [0, 0.05) is 19.6 Å². The van der Waals surface area contributed by atoms with Gasteiger partial charge in [0.25, 0.3) is 0 Å². The molecule has 0 saturated carbocycles. The smallest absolute Gasteiger partial charge is 0.227 e. The molecule has 4 heteroatoms. The lowest BCUT2D eigenvalue weighted by Crippen LogP contribution is -2.35. The Bertz CT molecular complexity index is 393. The van der Waals surface area contributed by atoms with Crippen LogP contribution in [0.4, 0.5) is 0 Å². The molecule has 1 amide bonds. The van der Waals surface area contributed by atoms with Crippen molar-refractivity contribution in [3.63, 3.8) is 0 Å². The van der Waals surface area contributed by atoms with Crippen LogP contribution >= 0.6 is 0 Å². The average Bonchev–Trinajstić information content (AvgIpc) is 2.44. The summed E-state index contributed by atoms with van der Waals surface area (Å²) in [5.74, 6) is 0.0587. The van der Waals surface area contributed by atoms with Crippen LogP contribution in [0.25, 0.3) is 0 Å². The molecule has 0 heterocycles. The molecule has 0 atom stereocenters. The van der Waals surface area contributed by atoms with E-state index in [2.05, 4.69) is 6.92 Å². The fourth-order valence-corrected chi connectivity index (χ4v) is 2.03. The second-order valence-corrected chi connectivity index (χ2v) is 4.61. The van der Waals surface area contributed by atoms with E-state index >= 15 is 0 Å². The largest absolute Gasteiger partial charge is 0.395 e. The highest BCUT2D eigenvalue weighted by Gasteiger charge is 2.14. The van der Waals surface area contributed by atoms with E-state index in [1.165, 1.54) is 0 Å². The molecule has 0 aromatic heterocycles. The lowest BCUT2D eigenvalue weighted by atomic mass is 10.0. The zero-order valence-electron chi connectivity index (χ0n) is 11.6. The molecule has 0 bridgehead atoms. The highest BCUT2D eigenvalue weighted by Crippen LogP contribution is 2.10. The van der Waals surface area contributed by atoms with Crippen LogP contribution in [0, 0.1) is 0 Å². The molecule has 0 fully saturated rings. The summed E-state index contributed by atoms with van der Waals surface area (Å²) in [5.41, 5.74) is 7.67. The number of carbonyl (C=O) groups is 1. The number of hydrogen-bond donors (Lipinski definition) is 2. The predicted octanol–water partition coefficient (Wildman–Crippen LogP) is 1.31. The molecular formula is C15H24N2O2. The topological polar surface area (TPSA) is 66.6 Å². The Balaban J connectivity index is 2.69.